The molecule has 0 aromatic heterocycles. The summed E-state index contributed by atoms with van der Waals surface area (Å²) in [6.07, 6.45) is 0.747. The number of sulfonamides is 1. The van der Waals surface area contributed by atoms with Gasteiger partial charge in [-0.2, -0.15) is 4.31 Å². The van der Waals surface area contributed by atoms with Crippen LogP contribution in [0.2, 0.25) is 0 Å². The van der Waals surface area contributed by atoms with Crippen molar-refractivity contribution in [2.24, 2.45) is 0 Å². The summed E-state index contributed by atoms with van der Waals surface area (Å²) in [5.41, 5.74) is 0.849. The Balaban J connectivity index is 2.03. The highest BCUT2D eigenvalue weighted by atomic mass is 32.2. The van der Waals surface area contributed by atoms with Crippen molar-refractivity contribution in [3.63, 3.8) is 0 Å². The van der Waals surface area contributed by atoms with E-state index in [4.69, 9.17) is 0 Å². The largest absolute Gasteiger partial charge is 0.347 e. The SMILES string of the molecule is CC(C)(C)NC(=O)C[NH+]1CCCN(S(=O)(=O)c2ccc(C(C)(C)C)cc2)CC1. The van der Waals surface area contributed by atoms with Crippen molar-refractivity contribution in [2.75, 3.05) is 32.7 Å². The maximum atomic E-state index is 13.1. The summed E-state index contributed by atoms with van der Waals surface area (Å²) in [4.78, 5) is 13.7. The molecule has 1 saturated heterocycles. The first-order chi connectivity index (χ1) is 12.8. The maximum absolute atomic E-state index is 13.1. The van der Waals surface area contributed by atoms with Gasteiger partial charge in [-0.3, -0.25) is 4.79 Å². The molecule has 1 amide bonds. The first-order valence-corrected chi connectivity index (χ1v) is 11.5. The first kappa shape index (κ1) is 22.8. The van der Waals surface area contributed by atoms with E-state index in [1.807, 2.05) is 32.9 Å². The zero-order valence-electron chi connectivity index (χ0n) is 18.1. The second-order valence-electron chi connectivity index (χ2n) is 9.76. The van der Waals surface area contributed by atoms with E-state index in [-0.39, 0.29) is 16.9 Å². The summed E-state index contributed by atoms with van der Waals surface area (Å²) >= 11 is 0. The highest BCUT2D eigenvalue weighted by Gasteiger charge is 2.29. The Kier molecular flexibility index (Phi) is 6.94. The van der Waals surface area contributed by atoms with Crippen LogP contribution in [0, 0.1) is 0 Å². The van der Waals surface area contributed by atoms with Crippen molar-refractivity contribution >= 4 is 15.9 Å². The Labute approximate surface area is 170 Å². The first-order valence-electron chi connectivity index (χ1n) is 10.0. The van der Waals surface area contributed by atoms with Gasteiger partial charge in [0.05, 0.1) is 24.5 Å². The van der Waals surface area contributed by atoms with Gasteiger partial charge in [-0.1, -0.05) is 32.9 Å². The van der Waals surface area contributed by atoms with Crippen LogP contribution < -0.4 is 10.2 Å². The van der Waals surface area contributed by atoms with E-state index in [1.54, 1.807) is 16.4 Å². The molecule has 0 saturated carbocycles. The Bertz CT molecular complexity index is 775. The lowest BCUT2D eigenvalue weighted by atomic mass is 9.87. The third-order valence-electron chi connectivity index (χ3n) is 4.94. The Morgan fingerprint density at radius 2 is 1.64 bits per heavy atom. The molecule has 2 rings (SSSR count). The lowest BCUT2D eigenvalue weighted by molar-refractivity contribution is -0.889. The van der Waals surface area contributed by atoms with Crippen LogP contribution in [0.15, 0.2) is 29.2 Å². The number of hydrogen-bond acceptors (Lipinski definition) is 3. The average Bonchev–Trinajstić information content (AvgIpc) is 2.78. The van der Waals surface area contributed by atoms with E-state index in [1.165, 1.54) is 0 Å². The lowest BCUT2D eigenvalue weighted by Crippen LogP contribution is -3.13. The third kappa shape index (κ3) is 6.29. The molecule has 1 heterocycles. The molecule has 1 aromatic rings. The Morgan fingerprint density at radius 3 is 2.18 bits per heavy atom. The number of nitrogens with one attached hydrogen (secondary N) is 2. The molecule has 7 heteroatoms. The summed E-state index contributed by atoms with van der Waals surface area (Å²) in [6.45, 7) is 14.9. The fraction of sp³-hybridized carbons (Fsp3) is 0.667. The minimum Gasteiger partial charge on any atom is -0.347 e. The summed E-state index contributed by atoms with van der Waals surface area (Å²) in [6, 6.07) is 7.22. The molecule has 1 aliphatic rings. The van der Waals surface area contributed by atoms with E-state index in [0.717, 1.165) is 23.4 Å². The number of rotatable bonds is 4. The van der Waals surface area contributed by atoms with Crippen molar-refractivity contribution in [3.05, 3.63) is 29.8 Å². The van der Waals surface area contributed by atoms with Gasteiger partial charge < -0.3 is 10.2 Å². The van der Waals surface area contributed by atoms with Gasteiger partial charge in [-0.05, 0) is 43.9 Å². The summed E-state index contributed by atoms with van der Waals surface area (Å²) in [5, 5.41) is 2.98. The molecule has 0 spiro atoms. The normalized spacial score (nSPS) is 19.9. The van der Waals surface area contributed by atoms with Crippen LogP contribution in [0.1, 0.15) is 53.5 Å². The van der Waals surface area contributed by atoms with Crippen molar-refractivity contribution in [2.45, 2.75) is 63.8 Å². The predicted octanol–water partition coefficient (Wildman–Crippen LogP) is 1.18. The van der Waals surface area contributed by atoms with E-state index >= 15 is 0 Å². The number of benzene rings is 1. The lowest BCUT2D eigenvalue weighted by Gasteiger charge is -2.23. The molecular weight excluding hydrogens is 374 g/mol. The van der Waals surface area contributed by atoms with E-state index in [2.05, 4.69) is 26.1 Å². The number of hydrogen-bond donors (Lipinski definition) is 2. The molecule has 6 nitrogen and oxygen atoms in total. The van der Waals surface area contributed by atoms with Crippen LogP contribution in [0.25, 0.3) is 0 Å². The summed E-state index contributed by atoms with van der Waals surface area (Å²) < 4.78 is 27.7. The number of carbonyl (C=O) groups excluding carboxylic acids is 1. The van der Waals surface area contributed by atoms with E-state index in [0.29, 0.717) is 31.1 Å². The molecule has 158 valence electrons. The van der Waals surface area contributed by atoms with Gasteiger partial charge in [0.1, 0.15) is 0 Å². The van der Waals surface area contributed by atoms with Crippen LogP contribution in [0.5, 0.6) is 0 Å². The van der Waals surface area contributed by atoms with Crippen LogP contribution in [-0.4, -0.2) is 56.9 Å². The van der Waals surface area contributed by atoms with Crippen LogP contribution in [0.4, 0.5) is 0 Å². The fourth-order valence-corrected chi connectivity index (χ4v) is 4.89. The molecule has 28 heavy (non-hydrogen) atoms. The quantitative estimate of drug-likeness (QED) is 0.783. The molecule has 1 unspecified atom stereocenters. The van der Waals surface area contributed by atoms with Gasteiger partial charge in [-0.15, -0.1) is 0 Å². The van der Waals surface area contributed by atoms with Gasteiger partial charge in [0.25, 0.3) is 5.91 Å². The smallest absolute Gasteiger partial charge is 0.275 e. The monoisotopic (exact) mass is 410 g/mol. The molecule has 1 fully saturated rings. The standard InChI is InChI=1S/C21H35N3O3S/c1-20(2,3)17-8-10-18(11-9-17)28(26,27)24-13-7-12-23(14-15-24)16-19(25)22-21(4,5)6/h8-11H,7,12-16H2,1-6H3,(H,22,25)/p+1. The Morgan fingerprint density at radius 1 is 1.04 bits per heavy atom. The van der Waals surface area contributed by atoms with Gasteiger partial charge in [0.15, 0.2) is 6.54 Å². The molecule has 0 radical (unpaired) electrons. The van der Waals surface area contributed by atoms with Gasteiger partial charge >= 0.3 is 0 Å². The topological polar surface area (TPSA) is 70.9 Å². The van der Waals surface area contributed by atoms with Crippen LogP contribution >= 0.6 is 0 Å². The van der Waals surface area contributed by atoms with Crippen molar-refractivity contribution in [1.82, 2.24) is 9.62 Å². The van der Waals surface area contributed by atoms with Gasteiger partial charge in [-0.25, -0.2) is 8.42 Å². The number of quaternary nitrogens is 1. The van der Waals surface area contributed by atoms with Crippen molar-refractivity contribution in [1.29, 1.82) is 0 Å². The van der Waals surface area contributed by atoms with Crippen LogP contribution in [-0.2, 0) is 20.2 Å². The highest BCUT2D eigenvalue weighted by Crippen LogP contribution is 2.24. The summed E-state index contributed by atoms with van der Waals surface area (Å²) in [7, 11) is -3.51. The fourth-order valence-electron chi connectivity index (χ4n) is 3.41. The molecular formula is C21H36N3O3S+. The predicted molar refractivity (Wildman–Crippen MR) is 112 cm³/mol. The zero-order chi connectivity index (χ0) is 21.2. The second kappa shape index (κ2) is 8.51. The maximum Gasteiger partial charge on any atom is 0.275 e. The van der Waals surface area contributed by atoms with E-state index < -0.39 is 10.0 Å². The molecule has 1 aromatic carbocycles. The highest BCUT2D eigenvalue weighted by molar-refractivity contribution is 7.89. The summed E-state index contributed by atoms with van der Waals surface area (Å²) in [5.74, 6) is 0.0107. The molecule has 1 atom stereocenters. The van der Waals surface area contributed by atoms with E-state index in [9.17, 15) is 13.2 Å². The van der Waals surface area contributed by atoms with Crippen molar-refractivity contribution < 1.29 is 18.1 Å². The minimum atomic E-state index is -3.51. The third-order valence-corrected chi connectivity index (χ3v) is 6.85. The van der Waals surface area contributed by atoms with Gasteiger partial charge in [0, 0.05) is 18.5 Å². The zero-order valence-corrected chi connectivity index (χ0v) is 18.9. The second-order valence-corrected chi connectivity index (χ2v) is 11.7. The van der Waals surface area contributed by atoms with Gasteiger partial charge in [0.2, 0.25) is 10.0 Å². The number of amides is 1. The van der Waals surface area contributed by atoms with Crippen LogP contribution in [0.3, 0.4) is 0 Å². The number of carbonyl (C=O) groups is 1. The number of nitrogens with zero attached hydrogens (tertiary/aromatic N) is 1. The molecule has 0 aliphatic carbocycles. The Hall–Kier alpha value is -1.44. The minimum absolute atomic E-state index is 0.0107. The average molecular weight is 411 g/mol. The molecule has 0 bridgehead atoms. The molecule has 1 aliphatic heterocycles. The van der Waals surface area contributed by atoms with Crippen molar-refractivity contribution in [3.8, 4) is 0 Å². The molecule has 2 N–H and O–H groups in total.